The van der Waals surface area contributed by atoms with Crippen molar-refractivity contribution in [3.05, 3.63) is 140 Å². The number of ether oxygens (including phenoxy) is 12. The zero-order valence-corrected chi connectivity index (χ0v) is 91.0. The number of unbranched alkanes of at least 4 members (excludes halogenated alkanes) is 48. The predicted octanol–water partition coefficient (Wildman–Crippen LogP) is 37.7. The van der Waals surface area contributed by atoms with E-state index in [1.54, 1.807) is 0 Å². The minimum atomic E-state index is 0.541. The third kappa shape index (κ3) is 48.3. The van der Waals surface area contributed by atoms with Crippen molar-refractivity contribution in [3.63, 3.8) is 0 Å². The van der Waals surface area contributed by atoms with E-state index in [9.17, 15) is 0 Å². The largest absolute Gasteiger partial charge is 0.493 e. The van der Waals surface area contributed by atoms with Crippen molar-refractivity contribution in [1.82, 2.24) is 0 Å². The van der Waals surface area contributed by atoms with Crippen molar-refractivity contribution >= 4 is 0 Å². The van der Waals surface area contributed by atoms with Crippen molar-refractivity contribution < 1.29 is 56.8 Å². The Morgan fingerprint density at radius 3 is 0.254 bits per heavy atom. The molecule has 0 spiro atoms. The van der Waals surface area contributed by atoms with Gasteiger partial charge in [0, 0.05) is 105 Å². The normalized spacial score (nSPS) is 12.1. The van der Waals surface area contributed by atoms with Crippen molar-refractivity contribution in [2.75, 3.05) is 79.3 Å². The van der Waals surface area contributed by atoms with E-state index in [0.29, 0.717) is 118 Å². The summed E-state index contributed by atoms with van der Waals surface area (Å²) in [6.45, 7) is 34.9. The number of rotatable bonds is 84. The summed E-state index contributed by atoms with van der Waals surface area (Å²) in [7, 11) is 0. The van der Waals surface area contributed by atoms with Gasteiger partial charge >= 0.3 is 0 Å². The summed E-state index contributed by atoms with van der Waals surface area (Å²) in [5.41, 5.74) is 12.9. The van der Waals surface area contributed by atoms with E-state index in [0.717, 1.165) is 290 Å². The summed E-state index contributed by atoms with van der Waals surface area (Å²) in [6, 6.07) is 28.3. The topological polar surface area (TPSA) is 111 Å². The molecular weight excluding hydrogens is 1710 g/mol. The molecule has 0 fully saturated rings. The SMILES string of the molecule is CCCCCCCOc1cc2c(OCCCCCCC)cc1Cc1cc(OCCCCCCC)c(cc1OCCCCCCC)Cc1cc(OCCCCCCC)c(cc1OCCCCCCC)Cc1cc(OCCCCCCC)c(cc1OCCCCCCC)Cc1cc(OCCCCCCC)c(cc1OCCCCCCC)Cc1cc(OCCCCCCC)c(cc1OCCCCCCC)C2. The molecule has 6 aromatic carbocycles. The van der Waals surface area contributed by atoms with E-state index in [-0.39, 0.29) is 0 Å². The smallest absolute Gasteiger partial charge is 0.123 e. The second kappa shape index (κ2) is 77.5. The van der Waals surface area contributed by atoms with Crippen LogP contribution < -0.4 is 56.8 Å². The van der Waals surface area contributed by atoms with Crippen molar-refractivity contribution in [2.45, 2.75) is 507 Å². The first kappa shape index (κ1) is 118. The molecule has 12 heteroatoms. The van der Waals surface area contributed by atoms with Gasteiger partial charge in [0.2, 0.25) is 0 Å². The van der Waals surface area contributed by atoms with Crippen LogP contribution in [0.2, 0.25) is 0 Å². The Morgan fingerprint density at radius 2 is 0.181 bits per heavy atom. The van der Waals surface area contributed by atoms with Gasteiger partial charge < -0.3 is 56.8 Å². The highest BCUT2D eigenvalue weighted by atomic mass is 16.5. The molecule has 0 atom stereocenters. The van der Waals surface area contributed by atoms with Crippen LogP contribution >= 0.6 is 0 Å². The van der Waals surface area contributed by atoms with Gasteiger partial charge in [-0.1, -0.05) is 391 Å². The molecule has 0 aromatic heterocycles. The summed E-state index contributed by atoms with van der Waals surface area (Å²) in [6.07, 6.45) is 71.3. The van der Waals surface area contributed by atoms with Crippen LogP contribution in [0.3, 0.4) is 0 Å². The summed E-state index contributed by atoms with van der Waals surface area (Å²) >= 11 is 0. The molecule has 0 radical (unpaired) electrons. The Balaban J connectivity index is 1.68. The van der Waals surface area contributed by atoms with Gasteiger partial charge in [-0.25, -0.2) is 0 Å². The van der Waals surface area contributed by atoms with E-state index >= 15 is 0 Å². The minimum absolute atomic E-state index is 0.541. The lowest BCUT2D eigenvalue weighted by Gasteiger charge is -2.24. The third-order valence-electron chi connectivity index (χ3n) is 27.8. The van der Waals surface area contributed by atoms with Crippen LogP contribution in [0, 0.1) is 0 Å². The molecule has 22 rings (SSSR count). The molecule has 16 aliphatic rings. The molecule has 0 unspecified atom stereocenters. The summed E-state index contributed by atoms with van der Waals surface area (Å²) in [4.78, 5) is 0. The molecule has 6 aromatic rings. The van der Waals surface area contributed by atoms with Gasteiger partial charge in [-0.15, -0.1) is 0 Å². The average molecular weight is 1910 g/mol. The van der Waals surface area contributed by atoms with Crippen molar-refractivity contribution in [3.8, 4) is 69.0 Å². The molecule has 0 heterocycles. The molecule has 16 aliphatic carbocycles. The second-order valence-corrected chi connectivity index (χ2v) is 40.6. The van der Waals surface area contributed by atoms with Crippen LogP contribution in [0.5, 0.6) is 69.0 Å². The first-order valence-electron chi connectivity index (χ1n) is 58.6. The lowest BCUT2D eigenvalue weighted by molar-refractivity contribution is 0.287. The Hall–Kier alpha value is -7.08. The van der Waals surface area contributed by atoms with Gasteiger partial charge in [-0.05, 0) is 150 Å². The minimum Gasteiger partial charge on any atom is -0.493 e. The first-order chi connectivity index (χ1) is 68.1. The molecular formula is C126H204O12. The van der Waals surface area contributed by atoms with Gasteiger partial charge in [0.1, 0.15) is 69.0 Å². The molecule has 0 amide bonds. The van der Waals surface area contributed by atoms with E-state index in [1.165, 1.54) is 231 Å². The average Bonchev–Trinajstić information content (AvgIpc) is 0.780. The van der Waals surface area contributed by atoms with Crippen LogP contribution in [0.4, 0.5) is 0 Å². The molecule has 0 saturated carbocycles. The Kier molecular flexibility index (Phi) is 66.2. The fourth-order valence-electron chi connectivity index (χ4n) is 19.0. The first-order valence-corrected chi connectivity index (χ1v) is 58.6. The summed E-state index contributed by atoms with van der Waals surface area (Å²) in [5, 5.41) is 0. The highest BCUT2D eigenvalue weighted by Gasteiger charge is 2.27. The van der Waals surface area contributed by atoms with E-state index in [2.05, 4.69) is 156 Å². The summed E-state index contributed by atoms with van der Waals surface area (Å²) < 4.78 is 88.9. The molecule has 780 valence electrons. The molecule has 0 aliphatic heterocycles. The zero-order valence-electron chi connectivity index (χ0n) is 91.0. The predicted molar refractivity (Wildman–Crippen MR) is 587 cm³/mol. The lowest BCUT2D eigenvalue weighted by atomic mass is 9.92. The lowest BCUT2D eigenvalue weighted by Crippen LogP contribution is -2.11. The van der Waals surface area contributed by atoms with Crippen LogP contribution in [-0.2, 0) is 38.5 Å². The maximum Gasteiger partial charge on any atom is 0.123 e. The molecule has 12 bridgehead atoms. The molecule has 12 nitrogen and oxygen atoms in total. The Labute approximate surface area is 846 Å². The number of hydrogen-bond acceptors (Lipinski definition) is 12. The molecule has 0 N–H and O–H groups in total. The number of benzene rings is 6. The van der Waals surface area contributed by atoms with E-state index in [1.807, 2.05) is 0 Å². The Morgan fingerprint density at radius 1 is 0.109 bits per heavy atom. The van der Waals surface area contributed by atoms with E-state index in [4.69, 9.17) is 56.8 Å². The van der Waals surface area contributed by atoms with Gasteiger partial charge in [-0.3, -0.25) is 0 Å². The summed E-state index contributed by atoms with van der Waals surface area (Å²) in [5.74, 6) is 10.6. The second-order valence-electron chi connectivity index (χ2n) is 40.6. The zero-order chi connectivity index (χ0) is 98.0. The standard InChI is InChI=1S/C126H204O12/c1-13-25-37-49-61-73-127-115-91-104-86-106-94-120(132-78-66-54-42-30-18-6)108(96-119(106)131-77-65-53-41-29-17-5)88-110-98-124(136-82-70-58-46-34-22-10)112(100-123(110)135-81-69-57-45-33-21-9)90-114-102-125(137-83-71-59-47-35-23-11)113(101-126(114)138-84-72-60-48-36-24-12)89-111-99-121(133-79-67-55-43-31-19-7)109(97-122(111)134-80-68-56-44-32-20-8)87-107-95-117(129-75-63-51-39-27-15-3)105(93-118(107)130-76-64-52-40-28-16-4)85-103(115)92-116(104)128-74-62-50-38-26-14-2/h91-102H,13-90H2,1-12H3. The van der Waals surface area contributed by atoms with Crippen LogP contribution in [-0.4, -0.2) is 79.3 Å². The third-order valence-corrected chi connectivity index (χ3v) is 27.8. The fourth-order valence-corrected chi connectivity index (χ4v) is 19.0. The van der Waals surface area contributed by atoms with Crippen LogP contribution in [0.15, 0.2) is 72.8 Å². The maximum absolute atomic E-state index is 7.41. The van der Waals surface area contributed by atoms with Crippen LogP contribution in [0.1, 0.15) is 535 Å². The van der Waals surface area contributed by atoms with Gasteiger partial charge in [-0.2, -0.15) is 0 Å². The molecule has 0 saturated heterocycles. The quantitative estimate of drug-likeness (QED) is 0.0339. The fraction of sp³-hybridized carbons (Fsp3) is 0.714. The van der Waals surface area contributed by atoms with Gasteiger partial charge in [0.25, 0.3) is 0 Å². The monoisotopic (exact) mass is 1910 g/mol. The highest BCUT2D eigenvalue weighted by Crippen LogP contribution is 2.46. The van der Waals surface area contributed by atoms with Crippen molar-refractivity contribution in [1.29, 1.82) is 0 Å². The van der Waals surface area contributed by atoms with Crippen molar-refractivity contribution in [2.24, 2.45) is 0 Å². The van der Waals surface area contributed by atoms with Gasteiger partial charge in [0.15, 0.2) is 0 Å². The van der Waals surface area contributed by atoms with Crippen LogP contribution in [0.25, 0.3) is 0 Å². The van der Waals surface area contributed by atoms with Gasteiger partial charge in [0.05, 0.1) is 79.3 Å². The maximum atomic E-state index is 7.41. The van der Waals surface area contributed by atoms with E-state index < -0.39 is 0 Å². The Bertz CT molecular complexity index is 3130. The number of hydrogen-bond donors (Lipinski definition) is 0. The molecule has 138 heavy (non-hydrogen) atoms. The highest BCUT2D eigenvalue weighted by molar-refractivity contribution is 5.61.